The Hall–Kier alpha value is -2.30. The maximum absolute atomic E-state index is 14.2. The highest BCUT2D eigenvalue weighted by molar-refractivity contribution is 5.78. The van der Waals surface area contributed by atoms with Crippen molar-refractivity contribution in [1.82, 2.24) is 4.98 Å². The van der Waals surface area contributed by atoms with E-state index in [4.69, 9.17) is 4.74 Å². The Labute approximate surface area is 139 Å². The monoisotopic (exact) mass is 331 g/mol. The van der Waals surface area contributed by atoms with Crippen LogP contribution in [-0.4, -0.2) is 17.6 Å². The van der Waals surface area contributed by atoms with E-state index in [1.807, 2.05) is 6.07 Å². The predicted octanol–water partition coefficient (Wildman–Crippen LogP) is 4.13. The molecule has 0 saturated carbocycles. The number of benzene rings is 1. The van der Waals surface area contributed by atoms with Crippen molar-refractivity contribution in [3.8, 4) is 0 Å². The van der Waals surface area contributed by atoms with E-state index in [0.717, 1.165) is 11.6 Å². The van der Waals surface area contributed by atoms with Gasteiger partial charge in [-0.25, -0.2) is 8.78 Å². The average Bonchev–Trinajstić information content (AvgIpc) is 2.77. The van der Waals surface area contributed by atoms with Crippen molar-refractivity contribution in [1.29, 1.82) is 0 Å². The molecule has 1 aliphatic carbocycles. The standard InChI is InChI=1S/C19H19F2NO2/c1-2-24-19(23)15-9-8-12(11-13-5-4-10-22-18(13)15)14-6-3-7-16(20)17(14)21/h3-7,10,12,15H,2,8-9,11H2,1H3/t12-,15?/m1/s1. The molecule has 5 heteroatoms. The molecule has 0 amide bonds. The number of halogens is 2. The second-order valence-corrected chi connectivity index (χ2v) is 5.97. The number of carbonyl (C=O) groups is 1. The first-order chi connectivity index (χ1) is 11.6. The zero-order valence-electron chi connectivity index (χ0n) is 13.5. The Balaban J connectivity index is 1.97. The van der Waals surface area contributed by atoms with Gasteiger partial charge in [0.1, 0.15) is 0 Å². The molecule has 126 valence electrons. The van der Waals surface area contributed by atoms with Gasteiger partial charge in [-0.2, -0.15) is 0 Å². The molecule has 2 atom stereocenters. The number of aromatic nitrogens is 1. The highest BCUT2D eigenvalue weighted by Gasteiger charge is 2.32. The minimum absolute atomic E-state index is 0.192. The third-order valence-electron chi connectivity index (χ3n) is 4.52. The maximum Gasteiger partial charge on any atom is 0.315 e. The van der Waals surface area contributed by atoms with Crippen LogP contribution >= 0.6 is 0 Å². The molecule has 3 rings (SSSR count). The fraction of sp³-hybridized carbons (Fsp3) is 0.368. The minimum atomic E-state index is -0.843. The summed E-state index contributed by atoms with van der Waals surface area (Å²) in [7, 11) is 0. The molecule has 0 radical (unpaired) electrons. The number of esters is 1. The average molecular weight is 331 g/mol. The third-order valence-corrected chi connectivity index (χ3v) is 4.52. The van der Waals surface area contributed by atoms with Crippen LogP contribution in [0.2, 0.25) is 0 Å². The van der Waals surface area contributed by atoms with E-state index in [1.54, 1.807) is 25.3 Å². The van der Waals surface area contributed by atoms with Crippen molar-refractivity contribution in [2.75, 3.05) is 6.61 Å². The van der Waals surface area contributed by atoms with E-state index in [9.17, 15) is 13.6 Å². The quantitative estimate of drug-likeness (QED) is 0.627. The number of hydrogen-bond donors (Lipinski definition) is 0. The van der Waals surface area contributed by atoms with Gasteiger partial charge < -0.3 is 4.74 Å². The van der Waals surface area contributed by atoms with E-state index in [2.05, 4.69) is 4.98 Å². The second kappa shape index (κ2) is 7.07. The van der Waals surface area contributed by atoms with E-state index in [0.29, 0.717) is 37.1 Å². The lowest BCUT2D eigenvalue weighted by molar-refractivity contribution is -0.145. The van der Waals surface area contributed by atoms with Crippen LogP contribution < -0.4 is 0 Å². The van der Waals surface area contributed by atoms with Crippen LogP contribution in [0.3, 0.4) is 0 Å². The largest absolute Gasteiger partial charge is 0.465 e. The van der Waals surface area contributed by atoms with E-state index in [1.165, 1.54) is 6.07 Å². The van der Waals surface area contributed by atoms with Crippen LogP contribution in [0.5, 0.6) is 0 Å². The summed E-state index contributed by atoms with van der Waals surface area (Å²) in [6.45, 7) is 2.07. The smallest absolute Gasteiger partial charge is 0.315 e. The summed E-state index contributed by atoms with van der Waals surface area (Å²) >= 11 is 0. The van der Waals surface area contributed by atoms with Crippen molar-refractivity contribution in [2.24, 2.45) is 0 Å². The van der Waals surface area contributed by atoms with Crippen molar-refractivity contribution < 1.29 is 18.3 Å². The summed E-state index contributed by atoms with van der Waals surface area (Å²) in [5.41, 5.74) is 1.94. The Morgan fingerprint density at radius 3 is 2.88 bits per heavy atom. The number of rotatable bonds is 3. The van der Waals surface area contributed by atoms with Crippen LogP contribution in [0.15, 0.2) is 36.5 Å². The summed E-state index contributed by atoms with van der Waals surface area (Å²) in [5, 5.41) is 0. The fourth-order valence-corrected chi connectivity index (χ4v) is 3.38. The highest BCUT2D eigenvalue weighted by Crippen LogP contribution is 2.38. The van der Waals surface area contributed by atoms with Gasteiger partial charge in [-0.1, -0.05) is 18.2 Å². The molecule has 0 spiro atoms. The summed E-state index contributed by atoms with van der Waals surface area (Å²) < 4.78 is 32.9. The molecule has 0 bridgehead atoms. The van der Waals surface area contributed by atoms with Crippen molar-refractivity contribution in [3.63, 3.8) is 0 Å². The lowest BCUT2D eigenvalue weighted by atomic mass is 9.89. The Morgan fingerprint density at radius 2 is 2.08 bits per heavy atom. The molecule has 24 heavy (non-hydrogen) atoms. The summed E-state index contributed by atoms with van der Waals surface area (Å²) in [6.07, 6.45) is 3.25. The van der Waals surface area contributed by atoms with Crippen molar-refractivity contribution in [2.45, 2.75) is 38.0 Å². The number of hydrogen-bond acceptors (Lipinski definition) is 3. The zero-order valence-corrected chi connectivity index (χ0v) is 13.5. The highest BCUT2D eigenvalue weighted by atomic mass is 19.2. The molecule has 1 aromatic carbocycles. The van der Waals surface area contributed by atoms with Crippen LogP contribution in [0.4, 0.5) is 8.78 Å². The molecule has 2 aromatic rings. The van der Waals surface area contributed by atoms with Crippen LogP contribution in [0.1, 0.15) is 48.4 Å². The first-order valence-corrected chi connectivity index (χ1v) is 8.16. The first-order valence-electron chi connectivity index (χ1n) is 8.16. The molecule has 0 N–H and O–H groups in total. The van der Waals surface area contributed by atoms with Gasteiger partial charge in [0.05, 0.1) is 18.2 Å². The van der Waals surface area contributed by atoms with E-state index >= 15 is 0 Å². The molecular formula is C19H19F2NO2. The molecule has 1 heterocycles. The van der Waals surface area contributed by atoms with Gasteiger partial charge >= 0.3 is 5.97 Å². The van der Waals surface area contributed by atoms with Gasteiger partial charge in [-0.15, -0.1) is 0 Å². The van der Waals surface area contributed by atoms with E-state index in [-0.39, 0.29) is 11.9 Å². The predicted molar refractivity (Wildman–Crippen MR) is 85.6 cm³/mol. The van der Waals surface area contributed by atoms with Crippen LogP contribution in [-0.2, 0) is 16.0 Å². The summed E-state index contributed by atoms with van der Waals surface area (Å²) in [5.74, 6) is -2.60. The number of nitrogens with zero attached hydrogens (tertiary/aromatic N) is 1. The molecule has 3 nitrogen and oxygen atoms in total. The van der Waals surface area contributed by atoms with E-state index < -0.39 is 17.6 Å². The first kappa shape index (κ1) is 16.6. The molecule has 1 unspecified atom stereocenters. The Bertz CT molecular complexity index is 748. The van der Waals surface area contributed by atoms with Gasteiger partial charge in [-0.3, -0.25) is 9.78 Å². The normalized spacial score (nSPS) is 20.1. The van der Waals surface area contributed by atoms with Crippen LogP contribution in [0, 0.1) is 11.6 Å². The number of ether oxygens (including phenoxy) is 1. The molecule has 0 fully saturated rings. The third kappa shape index (κ3) is 3.16. The van der Waals surface area contributed by atoms with Gasteiger partial charge in [0.15, 0.2) is 11.6 Å². The maximum atomic E-state index is 14.2. The molecule has 1 aromatic heterocycles. The Morgan fingerprint density at radius 1 is 1.25 bits per heavy atom. The second-order valence-electron chi connectivity index (χ2n) is 5.97. The summed E-state index contributed by atoms with van der Waals surface area (Å²) in [4.78, 5) is 16.6. The molecular weight excluding hydrogens is 312 g/mol. The molecule has 0 aliphatic heterocycles. The van der Waals surface area contributed by atoms with Gasteiger partial charge in [-0.05, 0) is 55.4 Å². The lowest BCUT2D eigenvalue weighted by Gasteiger charge is -2.16. The SMILES string of the molecule is CCOC(=O)C1CC[C@@H](c2cccc(F)c2F)Cc2cccnc21. The fourth-order valence-electron chi connectivity index (χ4n) is 3.38. The number of carbonyl (C=O) groups excluding carboxylic acids is 1. The number of pyridine rings is 1. The van der Waals surface area contributed by atoms with Gasteiger partial charge in [0, 0.05) is 6.20 Å². The zero-order chi connectivity index (χ0) is 17.1. The van der Waals surface area contributed by atoms with Gasteiger partial charge in [0.2, 0.25) is 0 Å². The Kier molecular flexibility index (Phi) is 4.88. The topological polar surface area (TPSA) is 39.2 Å². The van der Waals surface area contributed by atoms with Crippen LogP contribution in [0.25, 0.3) is 0 Å². The van der Waals surface area contributed by atoms with Gasteiger partial charge in [0.25, 0.3) is 0 Å². The lowest BCUT2D eigenvalue weighted by Crippen LogP contribution is -2.17. The minimum Gasteiger partial charge on any atom is -0.465 e. The van der Waals surface area contributed by atoms with Crippen molar-refractivity contribution in [3.05, 3.63) is 65.0 Å². The summed E-state index contributed by atoms with van der Waals surface area (Å²) in [6, 6.07) is 7.94. The number of fused-ring (bicyclic) bond motifs is 1. The molecule has 0 saturated heterocycles. The molecule has 1 aliphatic rings. The van der Waals surface area contributed by atoms with Crippen molar-refractivity contribution >= 4 is 5.97 Å².